The van der Waals surface area contributed by atoms with E-state index in [1.165, 1.54) is 7.11 Å². The first-order chi connectivity index (χ1) is 13.9. The van der Waals surface area contributed by atoms with Gasteiger partial charge in [-0.3, -0.25) is 0 Å². The van der Waals surface area contributed by atoms with Gasteiger partial charge in [-0.25, -0.2) is 18.1 Å². The summed E-state index contributed by atoms with van der Waals surface area (Å²) in [5.74, 6) is 1.24. The summed E-state index contributed by atoms with van der Waals surface area (Å²) in [4.78, 5) is 4.77. The number of guanidine groups is 1. The molecule has 0 atom stereocenters. The van der Waals surface area contributed by atoms with Gasteiger partial charge in [-0.15, -0.1) is 0 Å². The summed E-state index contributed by atoms with van der Waals surface area (Å²) in [5.41, 5.74) is 0.817. The van der Waals surface area contributed by atoms with Crippen LogP contribution in [0.15, 0.2) is 34.2 Å². The lowest BCUT2D eigenvalue weighted by molar-refractivity contribution is 0.108. The van der Waals surface area contributed by atoms with Gasteiger partial charge in [0.2, 0.25) is 10.0 Å². The molecule has 0 aliphatic heterocycles. The molecule has 0 heterocycles. The van der Waals surface area contributed by atoms with Crippen LogP contribution in [0, 0.1) is 5.92 Å². The number of hydrogen-bond donors (Lipinski definition) is 3. The molecule has 0 radical (unpaired) electrons. The lowest BCUT2D eigenvalue weighted by Crippen LogP contribution is -2.38. The Balaban J connectivity index is 2.60. The van der Waals surface area contributed by atoms with Crippen LogP contribution >= 0.6 is 0 Å². The number of nitrogens with zero attached hydrogens (tertiary/aromatic N) is 1. The summed E-state index contributed by atoms with van der Waals surface area (Å²) >= 11 is 0. The van der Waals surface area contributed by atoms with Crippen molar-refractivity contribution >= 4 is 16.0 Å². The van der Waals surface area contributed by atoms with Gasteiger partial charge < -0.3 is 20.1 Å². The van der Waals surface area contributed by atoms with E-state index in [0.29, 0.717) is 31.6 Å². The van der Waals surface area contributed by atoms with Crippen molar-refractivity contribution in [2.45, 2.75) is 38.6 Å². The van der Waals surface area contributed by atoms with Crippen molar-refractivity contribution in [3.05, 3.63) is 29.8 Å². The van der Waals surface area contributed by atoms with E-state index >= 15 is 0 Å². The van der Waals surface area contributed by atoms with Gasteiger partial charge in [0.1, 0.15) is 0 Å². The molecule has 1 rings (SSSR count). The SMILES string of the molecule is CCNC(=NCc1cccc(S(=O)(=O)NCCOC)c1)NCCCOCC(C)C. The number of sulfonamides is 1. The molecule has 0 aliphatic rings. The first-order valence-corrected chi connectivity index (χ1v) is 11.5. The highest BCUT2D eigenvalue weighted by atomic mass is 32.2. The van der Waals surface area contributed by atoms with Crippen LogP contribution in [0.1, 0.15) is 32.8 Å². The molecule has 8 nitrogen and oxygen atoms in total. The molecule has 0 unspecified atom stereocenters. The molecule has 0 amide bonds. The molecule has 1 aromatic rings. The quantitative estimate of drug-likeness (QED) is 0.237. The monoisotopic (exact) mass is 428 g/mol. The fraction of sp³-hybridized carbons (Fsp3) is 0.650. The predicted octanol–water partition coefficient (Wildman–Crippen LogP) is 1.73. The largest absolute Gasteiger partial charge is 0.383 e. The third kappa shape index (κ3) is 11.2. The number of aliphatic imine (C=N–C) groups is 1. The van der Waals surface area contributed by atoms with Gasteiger partial charge in [0.15, 0.2) is 5.96 Å². The Labute approximate surface area is 175 Å². The Morgan fingerprint density at radius 3 is 2.66 bits per heavy atom. The van der Waals surface area contributed by atoms with Crippen LogP contribution in [0.5, 0.6) is 0 Å². The summed E-state index contributed by atoms with van der Waals surface area (Å²) in [7, 11) is -2.03. The molecule has 9 heteroatoms. The Morgan fingerprint density at radius 2 is 1.97 bits per heavy atom. The maximum absolute atomic E-state index is 12.3. The van der Waals surface area contributed by atoms with E-state index in [1.807, 2.05) is 13.0 Å². The predicted molar refractivity (Wildman–Crippen MR) is 117 cm³/mol. The fourth-order valence-corrected chi connectivity index (χ4v) is 3.47. The maximum atomic E-state index is 12.3. The molecule has 0 fully saturated rings. The summed E-state index contributed by atoms with van der Waals surface area (Å²) in [5, 5.41) is 6.47. The second-order valence-corrected chi connectivity index (χ2v) is 8.75. The van der Waals surface area contributed by atoms with E-state index in [-0.39, 0.29) is 11.4 Å². The normalized spacial score (nSPS) is 12.4. The van der Waals surface area contributed by atoms with Crippen LogP contribution in [-0.4, -0.2) is 60.9 Å². The summed E-state index contributed by atoms with van der Waals surface area (Å²) < 4.78 is 37.6. The minimum absolute atomic E-state index is 0.224. The van der Waals surface area contributed by atoms with E-state index in [4.69, 9.17) is 9.47 Å². The van der Waals surface area contributed by atoms with Crippen LogP contribution in [0.4, 0.5) is 0 Å². The molecule has 29 heavy (non-hydrogen) atoms. The molecule has 0 aromatic heterocycles. The van der Waals surface area contributed by atoms with Crippen molar-refractivity contribution in [2.75, 3.05) is 46.6 Å². The summed E-state index contributed by atoms with van der Waals surface area (Å²) in [6.07, 6.45) is 0.887. The van der Waals surface area contributed by atoms with Crippen LogP contribution in [-0.2, 0) is 26.0 Å². The van der Waals surface area contributed by atoms with Gasteiger partial charge in [-0.1, -0.05) is 26.0 Å². The van der Waals surface area contributed by atoms with Gasteiger partial charge in [0, 0.05) is 40.0 Å². The Kier molecular flexibility index (Phi) is 12.5. The van der Waals surface area contributed by atoms with Gasteiger partial charge in [-0.05, 0) is 37.0 Å². The van der Waals surface area contributed by atoms with Crippen LogP contribution in [0.25, 0.3) is 0 Å². The molecule has 0 saturated heterocycles. The Bertz CT molecular complexity index is 708. The van der Waals surface area contributed by atoms with E-state index < -0.39 is 10.0 Å². The van der Waals surface area contributed by atoms with Crippen molar-refractivity contribution in [3.63, 3.8) is 0 Å². The lowest BCUT2D eigenvalue weighted by atomic mass is 10.2. The average Bonchev–Trinajstić information content (AvgIpc) is 2.68. The highest BCUT2D eigenvalue weighted by Crippen LogP contribution is 2.12. The molecular formula is C20H36N4O4S. The van der Waals surface area contributed by atoms with Gasteiger partial charge in [0.05, 0.1) is 18.0 Å². The number of methoxy groups -OCH3 is 1. The smallest absolute Gasteiger partial charge is 0.240 e. The van der Waals surface area contributed by atoms with Crippen molar-refractivity contribution in [1.82, 2.24) is 15.4 Å². The third-order valence-corrected chi connectivity index (χ3v) is 5.24. The zero-order valence-electron chi connectivity index (χ0n) is 18.0. The van der Waals surface area contributed by atoms with E-state index in [1.54, 1.807) is 18.2 Å². The highest BCUT2D eigenvalue weighted by Gasteiger charge is 2.13. The highest BCUT2D eigenvalue weighted by molar-refractivity contribution is 7.89. The van der Waals surface area contributed by atoms with Crippen molar-refractivity contribution < 1.29 is 17.9 Å². The minimum Gasteiger partial charge on any atom is -0.383 e. The average molecular weight is 429 g/mol. The lowest BCUT2D eigenvalue weighted by Gasteiger charge is -2.12. The number of rotatable bonds is 14. The number of ether oxygens (including phenoxy) is 2. The second-order valence-electron chi connectivity index (χ2n) is 6.98. The summed E-state index contributed by atoms with van der Waals surface area (Å²) in [6.45, 7) is 10.2. The van der Waals surface area contributed by atoms with E-state index in [0.717, 1.165) is 31.7 Å². The molecule has 3 N–H and O–H groups in total. The number of benzene rings is 1. The minimum atomic E-state index is -3.56. The standard InChI is InChI=1S/C20H36N4O4S/c1-5-21-20(22-10-7-12-28-16-17(2)3)23-15-18-8-6-9-19(14-18)29(25,26)24-11-13-27-4/h6,8-9,14,17,24H,5,7,10-13,15-16H2,1-4H3,(H2,21,22,23). The topological polar surface area (TPSA) is 101 Å². The zero-order valence-corrected chi connectivity index (χ0v) is 18.8. The molecule has 0 aliphatic carbocycles. The Hall–Kier alpha value is -1.68. The number of hydrogen-bond acceptors (Lipinski definition) is 5. The van der Waals surface area contributed by atoms with Crippen molar-refractivity contribution in [3.8, 4) is 0 Å². The van der Waals surface area contributed by atoms with Crippen LogP contribution in [0.2, 0.25) is 0 Å². The molecular weight excluding hydrogens is 392 g/mol. The molecule has 166 valence electrons. The van der Waals surface area contributed by atoms with E-state index in [9.17, 15) is 8.42 Å². The van der Waals surface area contributed by atoms with Crippen LogP contribution in [0.3, 0.4) is 0 Å². The Morgan fingerprint density at radius 1 is 1.17 bits per heavy atom. The number of nitrogens with one attached hydrogen (secondary N) is 3. The van der Waals surface area contributed by atoms with Gasteiger partial charge in [-0.2, -0.15) is 0 Å². The second kappa shape index (κ2) is 14.3. The molecule has 0 bridgehead atoms. The molecule has 1 aromatic carbocycles. The van der Waals surface area contributed by atoms with Gasteiger partial charge >= 0.3 is 0 Å². The first kappa shape index (κ1) is 25.4. The first-order valence-electron chi connectivity index (χ1n) is 10.1. The zero-order chi connectivity index (χ0) is 21.5. The fourth-order valence-electron chi connectivity index (χ4n) is 2.38. The van der Waals surface area contributed by atoms with E-state index in [2.05, 4.69) is 34.2 Å². The maximum Gasteiger partial charge on any atom is 0.240 e. The molecule has 0 saturated carbocycles. The van der Waals surface area contributed by atoms with Gasteiger partial charge in [0.25, 0.3) is 0 Å². The third-order valence-electron chi connectivity index (χ3n) is 3.78. The van der Waals surface area contributed by atoms with Crippen LogP contribution < -0.4 is 15.4 Å². The summed E-state index contributed by atoms with van der Waals surface area (Å²) in [6, 6.07) is 6.80. The van der Waals surface area contributed by atoms with Crippen molar-refractivity contribution in [2.24, 2.45) is 10.9 Å². The van der Waals surface area contributed by atoms with Crippen molar-refractivity contribution in [1.29, 1.82) is 0 Å². The molecule has 0 spiro atoms.